The van der Waals surface area contributed by atoms with Gasteiger partial charge in [0, 0.05) is 13.6 Å². The van der Waals surface area contributed by atoms with Gasteiger partial charge in [0.05, 0.1) is 23.9 Å². The summed E-state index contributed by atoms with van der Waals surface area (Å²) in [6.45, 7) is 2.37. The van der Waals surface area contributed by atoms with E-state index in [4.69, 9.17) is 22.1 Å². The number of aromatic nitrogens is 4. The van der Waals surface area contributed by atoms with Gasteiger partial charge < -0.3 is 15.8 Å². The Balaban J connectivity index is 2.29. The lowest BCUT2D eigenvalue weighted by Gasteiger charge is -2.10. The number of primary amides is 1. The molecular formula is C13H17ClN6O2. The molecular weight excluding hydrogens is 308 g/mol. The molecule has 22 heavy (non-hydrogen) atoms. The van der Waals surface area contributed by atoms with Gasteiger partial charge in [-0.25, -0.2) is 4.68 Å². The maximum Gasteiger partial charge on any atom is 0.252 e. The van der Waals surface area contributed by atoms with Crippen LogP contribution in [0.15, 0.2) is 6.07 Å². The van der Waals surface area contributed by atoms with Crippen LogP contribution in [0, 0.1) is 0 Å². The van der Waals surface area contributed by atoms with Crippen molar-refractivity contribution in [2.75, 3.05) is 12.4 Å². The van der Waals surface area contributed by atoms with Crippen LogP contribution in [-0.4, -0.2) is 33.0 Å². The standard InChI is InChI=1S/C13H17ClN6O2/c1-4-9-8(13(22-3)20(2)19-9)6-16-12-7(11(15)21)5-10(14)17-18-12/h5H,4,6H2,1-3H3,(H2,15,21)(H,16,18). The molecule has 3 N–H and O–H groups in total. The van der Waals surface area contributed by atoms with Crippen LogP contribution in [0.4, 0.5) is 5.82 Å². The lowest BCUT2D eigenvalue weighted by atomic mass is 10.2. The molecule has 0 radical (unpaired) electrons. The maximum atomic E-state index is 11.5. The van der Waals surface area contributed by atoms with E-state index in [0.29, 0.717) is 12.4 Å². The van der Waals surface area contributed by atoms with E-state index in [1.54, 1.807) is 18.8 Å². The number of nitrogens with zero attached hydrogens (tertiary/aromatic N) is 4. The second kappa shape index (κ2) is 6.61. The van der Waals surface area contributed by atoms with Gasteiger partial charge in [-0.1, -0.05) is 18.5 Å². The average Bonchev–Trinajstić information content (AvgIpc) is 2.80. The van der Waals surface area contributed by atoms with Gasteiger partial charge in [0.15, 0.2) is 11.0 Å². The number of aryl methyl sites for hydroxylation is 2. The second-order valence-corrected chi connectivity index (χ2v) is 4.95. The third kappa shape index (κ3) is 3.11. The first-order chi connectivity index (χ1) is 10.5. The zero-order valence-electron chi connectivity index (χ0n) is 12.6. The molecule has 2 aromatic rings. The average molecular weight is 325 g/mol. The first-order valence-corrected chi connectivity index (χ1v) is 7.01. The van der Waals surface area contributed by atoms with Crippen molar-refractivity contribution in [3.63, 3.8) is 0 Å². The summed E-state index contributed by atoms with van der Waals surface area (Å²) in [4.78, 5) is 11.5. The molecule has 0 aliphatic carbocycles. The molecule has 2 aromatic heterocycles. The number of carbonyl (C=O) groups excluding carboxylic acids is 1. The summed E-state index contributed by atoms with van der Waals surface area (Å²) in [7, 11) is 3.38. The molecule has 0 saturated carbocycles. The molecule has 0 unspecified atom stereocenters. The molecule has 0 saturated heterocycles. The Bertz CT molecular complexity index is 700. The third-order valence-corrected chi connectivity index (χ3v) is 3.35. The molecule has 2 heterocycles. The van der Waals surface area contributed by atoms with Crippen molar-refractivity contribution in [2.24, 2.45) is 12.8 Å². The van der Waals surface area contributed by atoms with Crippen LogP contribution in [0.3, 0.4) is 0 Å². The van der Waals surface area contributed by atoms with E-state index < -0.39 is 5.91 Å². The minimum Gasteiger partial charge on any atom is -0.481 e. The molecule has 0 aromatic carbocycles. The normalized spacial score (nSPS) is 10.5. The van der Waals surface area contributed by atoms with Gasteiger partial charge >= 0.3 is 0 Å². The van der Waals surface area contributed by atoms with E-state index in [2.05, 4.69) is 20.6 Å². The number of carbonyl (C=O) groups is 1. The lowest BCUT2D eigenvalue weighted by molar-refractivity contribution is 0.100. The molecule has 1 amide bonds. The Morgan fingerprint density at radius 2 is 2.23 bits per heavy atom. The Labute approximate surface area is 132 Å². The van der Waals surface area contributed by atoms with Crippen LogP contribution in [0.5, 0.6) is 5.88 Å². The van der Waals surface area contributed by atoms with Gasteiger partial charge in [-0.2, -0.15) is 5.10 Å². The zero-order valence-corrected chi connectivity index (χ0v) is 13.3. The Morgan fingerprint density at radius 3 is 2.82 bits per heavy atom. The van der Waals surface area contributed by atoms with Crippen molar-refractivity contribution in [1.29, 1.82) is 0 Å². The molecule has 118 valence electrons. The van der Waals surface area contributed by atoms with Crippen LogP contribution in [0.25, 0.3) is 0 Å². The number of anilines is 1. The maximum absolute atomic E-state index is 11.5. The fraction of sp³-hybridized carbons (Fsp3) is 0.385. The molecule has 0 spiro atoms. The van der Waals surface area contributed by atoms with Crippen molar-refractivity contribution < 1.29 is 9.53 Å². The first kappa shape index (κ1) is 16.0. The highest BCUT2D eigenvalue weighted by Crippen LogP contribution is 2.24. The van der Waals surface area contributed by atoms with Gasteiger partial charge in [0.2, 0.25) is 5.88 Å². The molecule has 0 atom stereocenters. The Hall–Kier alpha value is -2.35. The van der Waals surface area contributed by atoms with Crippen molar-refractivity contribution in [2.45, 2.75) is 19.9 Å². The number of hydrogen-bond acceptors (Lipinski definition) is 6. The number of nitrogens with one attached hydrogen (secondary N) is 1. The zero-order chi connectivity index (χ0) is 16.3. The van der Waals surface area contributed by atoms with Crippen molar-refractivity contribution >= 4 is 23.3 Å². The SMILES string of the molecule is CCc1nn(C)c(OC)c1CNc1nnc(Cl)cc1C(N)=O. The van der Waals surface area contributed by atoms with Crippen molar-refractivity contribution in [1.82, 2.24) is 20.0 Å². The quantitative estimate of drug-likeness (QED) is 0.825. The molecule has 0 aliphatic rings. The monoisotopic (exact) mass is 324 g/mol. The third-order valence-electron chi connectivity index (χ3n) is 3.16. The molecule has 2 rings (SSSR count). The fourth-order valence-corrected chi connectivity index (χ4v) is 2.33. The van der Waals surface area contributed by atoms with E-state index in [-0.39, 0.29) is 16.5 Å². The highest BCUT2D eigenvalue weighted by atomic mass is 35.5. The summed E-state index contributed by atoms with van der Waals surface area (Å²) in [6.07, 6.45) is 0.753. The van der Waals surface area contributed by atoms with Gasteiger partial charge in [-0.3, -0.25) is 4.79 Å². The summed E-state index contributed by atoms with van der Waals surface area (Å²) < 4.78 is 7.02. The lowest BCUT2D eigenvalue weighted by Crippen LogP contribution is -2.16. The number of hydrogen-bond donors (Lipinski definition) is 2. The van der Waals surface area contributed by atoms with E-state index >= 15 is 0 Å². The van der Waals surface area contributed by atoms with E-state index in [9.17, 15) is 4.79 Å². The number of amides is 1. The number of rotatable bonds is 6. The first-order valence-electron chi connectivity index (χ1n) is 6.63. The summed E-state index contributed by atoms with van der Waals surface area (Å²) >= 11 is 5.73. The smallest absolute Gasteiger partial charge is 0.252 e. The molecule has 8 nitrogen and oxygen atoms in total. The summed E-state index contributed by atoms with van der Waals surface area (Å²) in [5.41, 5.74) is 7.29. The number of nitrogens with two attached hydrogens (primary N) is 1. The van der Waals surface area contributed by atoms with Crippen molar-refractivity contribution in [3.05, 3.63) is 28.0 Å². The van der Waals surface area contributed by atoms with Gasteiger partial charge in [0.1, 0.15) is 0 Å². The van der Waals surface area contributed by atoms with E-state index in [0.717, 1.165) is 17.7 Å². The minimum absolute atomic E-state index is 0.104. The molecule has 9 heteroatoms. The fourth-order valence-electron chi connectivity index (χ4n) is 2.18. The number of methoxy groups -OCH3 is 1. The van der Waals surface area contributed by atoms with Crippen LogP contribution in [0.1, 0.15) is 28.5 Å². The highest BCUT2D eigenvalue weighted by Gasteiger charge is 2.17. The summed E-state index contributed by atoms with van der Waals surface area (Å²) in [6, 6.07) is 1.38. The van der Waals surface area contributed by atoms with Crippen LogP contribution >= 0.6 is 11.6 Å². The predicted molar refractivity (Wildman–Crippen MR) is 82.0 cm³/mol. The summed E-state index contributed by atoms with van der Waals surface area (Å²) in [5, 5.41) is 15.1. The second-order valence-electron chi connectivity index (χ2n) is 4.56. The van der Waals surface area contributed by atoms with Crippen LogP contribution < -0.4 is 15.8 Å². The molecule has 0 bridgehead atoms. The number of halogens is 1. The van der Waals surface area contributed by atoms with E-state index in [1.807, 2.05) is 6.92 Å². The summed E-state index contributed by atoms with van der Waals surface area (Å²) in [5.74, 6) is 0.282. The largest absolute Gasteiger partial charge is 0.481 e. The molecule has 0 aliphatic heterocycles. The van der Waals surface area contributed by atoms with Crippen molar-refractivity contribution in [3.8, 4) is 5.88 Å². The number of ether oxygens (including phenoxy) is 1. The topological polar surface area (TPSA) is 108 Å². The van der Waals surface area contributed by atoms with Crippen LogP contribution in [0.2, 0.25) is 5.15 Å². The van der Waals surface area contributed by atoms with Gasteiger partial charge in [0.25, 0.3) is 5.91 Å². The Kier molecular flexibility index (Phi) is 4.81. The van der Waals surface area contributed by atoms with Gasteiger partial charge in [-0.15, -0.1) is 10.2 Å². The predicted octanol–water partition coefficient (Wildman–Crippen LogP) is 1.15. The van der Waals surface area contributed by atoms with E-state index in [1.165, 1.54) is 6.07 Å². The van der Waals surface area contributed by atoms with Gasteiger partial charge in [-0.05, 0) is 12.5 Å². The minimum atomic E-state index is -0.631. The molecule has 0 fully saturated rings. The Morgan fingerprint density at radius 1 is 1.50 bits per heavy atom. The highest BCUT2D eigenvalue weighted by molar-refractivity contribution is 6.29. The van der Waals surface area contributed by atoms with Crippen LogP contribution in [-0.2, 0) is 20.0 Å².